The summed E-state index contributed by atoms with van der Waals surface area (Å²) in [4.78, 5) is 19.6. The molecule has 1 aliphatic heterocycles. The molecule has 0 saturated carbocycles. The predicted molar refractivity (Wildman–Crippen MR) is 130 cm³/mol. The Kier molecular flexibility index (Phi) is 5.93. The molecule has 1 saturated heterocycles. The van der Waals surface area contributed by atoms with E-state index in [0.29, 0.717) is 18.9 Å². The lowest BCUT2D eigenvalue weighted by molar-refractivity contribution is 0.305. The second-order valence-electron chi connectivity index (χ2n) is 8.22. The van der Waals surface area contributed by atoms with E-state index in [4.69, 9.17) is 4.74 Å². The Labute approximate surface area is 192 Å². The van der Waals surface area contributed by atoms with Crippen molar-refractivity contribution in [1.82, 2.24) is 19.2 Å². The van der Waals surface area contributed by atoms with Crippen LogP contribution in [0.25, 0.3) is 16.6 Å². The average Bonchev–Trinajstić information content (AvgIpc) is 3.52. The van der Waals surface area contributed by atoms with Gasteiger partial charge in [-0.05, 0) is 42.7 Å². The summed E-state index contributed by atoms with van der Waals surface area (Å²) in [6.45, 7) is 3.19. The first kappa shape index (κ1) is 21.0. The van der Waals surface area contributed by atoms with E-state index in [1.165, 1.54) is 18.9 Å². The van der Waals surface area contributed by atoms with Crippen LogP contribution in [-0.4, -0.2) is 45.2 Å². The first-order chi connectivity index (χ1) is 16.2. The van der Waals surface area contributed by atoms with Gasteiger partial charge in [-0.25, -0.2) is 0 Å². The first-order valence-corrected chi connectivity index (χ1v) is 11.3. The lowest BCUT2D eigenvalue weighted by Crippen LogP contribution is -2.31. The van der Waals surface area contributed by atoms with Gasteiger partial charge in [0, 0.05) is 43.5 Å². The zero-order chi connectivity index (χ0) is 22.6. The zero-order valence-electron chi connectivity index (χ0n) is 18.7. The minimum Gasteiger partial charge on any atom is -0.489 e. The number of aliphatic imine (C=N–C) groups is 1. The number of benzene rings is 2. The number of ether oxygens (including phenoxy) is 1. The second kappa shape index (κ2) is 9.32. The Bertz CT molecular complexity index is 1330. The van der Waals surface area contributed by atoms with E-state index in [1.54, 1.807) is 10.8 Å². The standard InChI is InChI=1S/C26H27N5O2/c1-27-25(29-12-5-6-13-29)18-31-24-10-9-22(15-21(24)17-28-31)30-14-11-23(16-26(30)32)33-19-20-7-3-2-4-8-20/h2-4,7-11,14-17H,5-6,12-13,18-19H2,1H3. The lowest BCUT2D eigenvalue weighted by atomic mass is 10.2. The quantitative estimate of drug-likeness (QED) is 0.336. The molecular weight excluding hydrogens is 414 g/mol. The number of nitrogens with zero attached hydrogens (tertiary/aromatic N) is 5. The van der Waals surface area contributed by atoms with Crippen LogP contribution in [-0.2, 0) is 13.2 Å². The van der Waals surface area contributed by atoms with E-state index < -0.39 is 0 Å². The third kappa shape index (κ3) is 4.53. The summed E-state index contributed by atoms with van der Waals surface area (Å²) >= 11 is 0. The summed E-state index contributed by atoms with van der Waals surface area (Å²) in [5.74, 6) is 1.62. The fourth-order valence-corrected chi connectivity index (χ4v) is 4.28. The molecule has 168 valence electrons. The molecule has 2 aromatic carbocycles. The van der Waals surface area contributed by atoms with Crippen LogP contribution in [0.1, 0.15) is 18.4 Å². The van der Waals surface area contributed by atoms with Crippen molar-refractivity contribution in [1.29, 1.82) is 0 Å². The van der Waals surface area contributed by atoms with Gasteiger partial charge in [-0.3, -0.25) is 19.0 Å². The number of likely N-dealkylation sites (tertiary alicyclic amines) is 1. The highest BCUT2D eigenvalue weighted by atomic mass is 16.5. The fourth-order valence-electron chi connectivity index (χ4n) is 4.28. The maximum Gasteiger partial charge on any atom is 0.258 e. The molecule has 1 fully saturated rings. The molecule has 7 nitrogen and oxygen atoms in total. The van der Waals surface area contributed by atoms with Crippen LogP contribution in [0.3, 0.4) is 0 Å². The third-order valence-corrected chi connectivity index (χ3v) is 6.06. The van der Waals surface area contributed by atoms with Crippen LogP contribution in [0.5, 0.6) is 5.75 Å². The van der Waals surface area contributed by atoms with E-state index >= 15 is 0 Å². The van der Waals surface area contributed by atoms with E-state index in [0.717, 1.165) is 41.1 Å². The van der Waals surface area contributed by atoms with Crippen LogP contribution in [0.2, 0.25) is 0 Å². The molecule has 0 amide bonds. The van der Waals surface area contributed by atoms with Crippen molar-refractivity contribution in [2.45, 2.75) is 26.0 Å². The van der Waals surface area contributed by atoms with Gasteiger partial charge in [-0.15, -0.1) is 0 Å². The molecule has 0 bridgehead atoms. The SMILES string of the molecule is CN=C(Cn1ncc2cc(-n3ccc(OCc4ccccc4)cc3=O)ccc21)N1CCCC1. The largest absolute Gasteiger partial charge is 0.489 e. The number of pyridine rings is 1. The Morgan fingerprint density at radius 2 is 1.88 bits per heavy atom. The van der Waals surface area contributed by atoms with Gasteiger partial charge in [0.1, 0.15) is 18.2 Å². The zero-order valence-corrected chi connectivity index (χ0v) is 18.7. The van der Waals surface area contributed by atoms with Crippen molar-refractivity contribution in [2.75, 3.05) is 20.1 Å². The molecule has 3 heterocycles. The maximum atomic E-state index is 12.8. The van der Waals surface area contributed by atoms with Gasteiger partial charge in [0.25, 0.3) is 5.56 Å². The number of hydrogen-bond donors (Lipinski definition) is 0. The molecule has 2 aromatic heterocycles. The predicted octanol–water partition coefficient (Wildman–Crippen LogP) is 3.89. The van der Waals surface area contributed by atoms with Gasteiger partial charge in [0.2, 0.25) is 0 Å². The van der Waals surface area contributed by atoms with E-state index in [-0.39, 0.29) is 5.56 Å². The molecule has 0 unspecified atom stereocenters. The van der Waals surface area contributed by atoms with Crippen LogP contribution in [0, 0.1) is 0 Å². The molecule has 4 aromatic rings. The van der Waals surface area contributed by atoms with Gasteiger partial charge in [-0.1, -0.05) is 30.3 Å². The van der Waals surface area contributed by atoms with Crippen LogP contribution in [0.15, 0.2) is 82.8 Å². The Morgan fingerprint density at radius 1 is 1.06 bits per heavy atom. The van der Waals surface area contributed by atoms with E-state index in [9.17, 15) is 4.79 Å². The van der Waals surface area contributed by atoms with Crippen LogP contribution < -0.4 is 10.3 Å². The Hall–Kier alpha value is -3.87. The highest BCUT2D eigenvalue weighted by Gasteiger charge is 2.17. The third-order valence-electron chi connectivity index (χ3n) is 6.06. The summed E-state index contributed by atoms with van der Waals surface area (Å²) in [5.41, 5.74) is 2.74. The van der Waals surface area contributed by atoms with Gasteiger partial charge in [-0.2, -0.15) is 5.10 Å². The van der Waals surface area contributed by atoms with Crippen molar-refractivity contribution >= 4 is 16.7 Å². The van der Waals surface area contributed by atoms with Crippen LogP contribution in [0.4, 0.5) is 0 Å². The van der Waals surface area contributed by atoms with Crippen molar-refractivity contribution in [3.05, 3.63) is 89.0 Å². The molecule has 0 radical (unpaired) electrons. The number of fused-ring (bicyclic) bond motifs is 1. The van der Waals surface area contributed by atoms with Crippen molar-refractivity contribution in [3.8, 4) is 11.4 Å². The first-order valence-electron chi connectivity index (χ1n) is 11.3. The number of amidine groups is 1. The van der Waals surface area contributed by atoms with Gasteiger partial charge in [0.15, 0.2) is 0 Å². The molecule has 5 rings (SSSR count). The van der Waals surface area contributed by atoms with Crippen molar-refractivity contribution in [3.63, 3.8) is 0 Å². The molecular formula is C26H27N5O2. The number of rotatable bonds is 6. The smallest absolute Gasteiger partial charge is 0.258 e. The molecule has 0 spiro atoms. The molecule has 33 heavy (non-hydrogen) atoms. The summed E-state index contributed by atoms with van der Waals surface area (Å²) in [7, 11) is 1.84. The fraction of sp³-hybridized carbons (Fsp3) is 0.269. The van der Waals surface area contributed by atoms with Crippen molar-refractivity contribution in [2.24, 2.45) is 4.99 Å². The normalized spacial score (nSPS) is 14.2. The molecule has 1 aliphatic rings. The Morgan fingerprint density at radius 3 is 2.64 bits per heavy atom. The summed E-state index contributed by atoms with van der Waals surface area (Å²) in [6, 6.07) is 19.2. The number of aromatic nitrogens is 3. The lowest BCUT2D eigenvalue weighted by Gasteiger charge is -2.20. The average molecular weight is 442 g/mol. The Balaban J connectivity index is 1.34. The van der Waals surface area contributed by atoms with Gasteiger partial charge < -0.3 is 9.64 Å². The van der Waals surface area contributed by atoms with Crippen LogP contribution >= 0.6 is 0 Å². The minimum atomic E-state index is -0.137. The highest BCUT2D eigenvalue weighted by molar-refractivity contribution is 5.86. The summed E-state index contributed by atoms with van der Waals surface area (Å²) in [6.07, 6.45) is 6.03. The van der Waals surface area contributed by atoms with Crippen molar-refractivity contribution < 1.29 is 4.74 Å². The molecule has 0 aliphatic carbocycles. The topological polar surface area (TPSA) is 64.7 Å². The maximum absolute atomic E-state index is 12.8. The van der Waals surface area contributed by atoms with E-state index in [1.807, 2.05) is 72.5 Å². The molecule has 7 heteroatoms. The monoisotopic (exact) mass is 441 g/mol. The summed E-state index contributed by atoms with van der Waals surface area (Å²) < 4.78 is 9.38. The van der Waals surface area contributed by atoms with Gasteiger partial charge in [0.05, 0.1) is 18.3 Å². The number of hydrogen-bond acceptors (Lipinski definition) is 4. The minimum absolute atomic E-state index is 0.137. The molecule has 0 atom stereocenters. The summed E-state index contributed by atoms with van der Waals surface area (Å²) in [5, 5.41) is 5.57. The van der Waals surface area contributed by atoms with E-state index in [2.05, 4.69) is 15.0 Å². The highest BCUT2D eigenvalue weighted by Crippen LogP contribution is 2.20. The second-order valence-corrected chi connectivity index (χ2v) is 8.22. The van der Waals surface area contributed by atoms with Gasteiger partial charge >= 0.3 is 0 Å². The molecule has 0 N–H and O–H groups in total.